The third-order valence-electron chi connectivity index (χ3n) is 11.6. The van der Waals surface area contributed by atoms with Gasteiger partial charge in [0, 0.05) is 6.42 Å². The highest BCUT2D eigenvalue weighted by atomic mass is 16.5. The van der Waals surface area contributed by atoms with Crippen LogP contribution in [-0.2, 0) is 14.3 Å². The Bertz CT molecular complexity index is 847. The summed E-state index contributed by atoms with van der Waals surface area (Å²) in [5, 5.41) is 23.7. The molecule has 0 heterocycles. The molecular formula is C50H97NO5. The van der Waals surface area contributed by atoms with E-state index in [4.69, 9.17) is 4.74 Å². The summed E-state index contributed by atoms with van der Waals surface area (Å²) in [7, 11) is 0. The topological polar surface area (TPSA) is 95.9 Å². The van der Waals surface area contributed by atoms with Crippen LogP contribution in [0.15, 0.2) is 12.2 Å². The number of rotatable bonds is 45. The quantitative estimate of drug-likeness (QED) is 0.0324. The van der Waals surface area contributed by atoms with Gasteiger partial charge in [-0.15, -0.1) is 0 Å². The van der Waals surface area contributed by atoms with Crippen molar-refractivity contribution in [2.24, 2.45) is 0 Å². The summed E-state index contributed by atoms with van der Waals surface area (Å²) in [5.74, 6) is -0.477. The van der Waals surface area contributed by atoms with Crippen LogP contribution in [0, 0.1) is 0 Å². The van der Waals surface area contributed by atoms with Crippen molar-refractivity contribution in [2.45, 2.75) is 289 Å². The lowest BCUT2D eigenvalue weighted by Gasteiger charge is -2.24. The van der Waals surface area contributed by atoms with Gasteiger partial charge >= 0.3 is 5.97 Å². The van der Waals surface area contributed by atoms with Crippen LogP contribution in [0.1, 0.15) is 271 Å². The first-order chi connectivity index (χ1) is 27.5. The normalized spacial score (nSPS) is 13.3. The van der Waals surface area contributed by atoms with E-state index in [0.29, 0.717) is 19.3 Å². The Balaban J connectivity index is 4.44. The standard InChI is InChI=1S/C50H97NO5/c1-4-7-10-13-16-19-21-23-24-25-26-28-31-34-37-40-43-50(55)56-46(41-38-35-32-29-18-15-12-9-6-3)44-49(54)51-47(45-52)48(53)42-39-36-33-30-27-22-20-17-14-11-8-5-2/h15,18,46-48,52-53H,4-14,16-17,19-45H2,1-3H3,(H,51,54)/b18-15-. The van der Waals surface area contributed by atoms with Crippen molar-refractivity contribution in [3.63, 3.8) is 0 Å². The van der Waals surface area contributed by atoms with E-state index in [2.05, 4.69) is 38.2 Å². The predicted octanol–water partition coefficient (Wildman–Crippen LogP) is 14.6. The van der Waals surface area contributed by atoms with Crippen LogP contribution in [-0.4, -0.2) is 46.9 Å². The fourth-order valence-corrected chi connectivity index (χ4v) is 7.77. The van der Waals surface area contributed by atoms with Crippen LogP contribution in [0.25, 0.3) is 0 Å². The van der Waals surface area contributed by atoms with Gasteiger partial charge < -0.3 is 20.3 Å². The summed E-state index contributed by atoms with van der Waals surface area (Å²) in [4.78, 5) is 26.0. The average molecular weight is 792 g/mol. The Kier molecular flexibility index (Phi) is 43.6. The Labute approximate surface area is 349 Å². The second kappa shape index (κ2) is 44.7. The number of hydrogen-bond donors (Lipinski definition) is 3. The molecule has 0 aliphatic heterocycles. The number of amides is 1. The highest BCUT2D eigenvalue weighted by Crippen LogP contribution is 2.18. The lowest BCUT2D eigenvalue weighted by molar-refractivity contribution is -0.151. The lowest BCUT2D eigenvalue weighted by atomic mass is 10.0. The Morgan fingerprint density at radius 2 is 0.875 bits per heavy atom. The highest BCUT2D eigenvalue weighted by Gasteiger charge is 2.24. The number of aliphatic hydroxyl groups is 2. The second-order valence-corrected chi connectivity index (χ2v) is 17.2. The molecule has 6 nitrogen and oxygen atoms in total. The molecule has 0 radical (unpaired) electrons. The van der Waals surface area contributed by atoms with Gasteiger partial charge in [-0.1, -0.05) is 226 Å². The van der Waals surface area contributed by atoms with Crippen molar-refractivity contribution in [3.8, 4) is 0 Å². The van der Waals surface area contributed by atoms with E-state index in [1.54, 1.807) is 0 Å². The van der Waals surface area contributed by atoms with Crippen LogP contribution >= 0.6 is 0 Å². The summed E-state index contributed by atoms with van der Waals surface area (Å²) >= 11 is 0. The molecule has 3 unspecified atom stereocenters. The van der Waals surface area contributed by atoms with Gasteiger partial charge in [-0.05, 0) is 44.9 Å². The monoisotopic (exact) mass is 792 g/mol. The van der Waals surface area contributed by atoms with Gasteiger partial charge in [0.25, 0.3) is 0 Å². The summed E-state index contributed by atoms with van der Waals surface area (Å²) in [6, 6.07) is -0.698. The van der Waals surface area contributed by atoms with Crippen LogP contribution < -0.4 is 5.32 Å². The smallest absolute Gasteiger partial charge is 0.306 e. The SMILES string of the molecule is CCCC/C=C\CCCCCC(CC(=O)NC(CO)C(O)CCCCCCCCCCCCCC)OC(=O)CCCCCCCCCCCCCCCCCC. The van der Waals surface area contributed by atoms with Gasteiger partial charge in [0.05, 0.1) is 25.2 Å². The Hall–Kier alpha value is -1.40. The third kappa shape index (κ3) is 39.4. The predicted molar refractivity (Wildman–Crippen MR) is 241 cm³/mol. The van der Waals surface area contributed by atoms with E-state index in [0.717, 1.165) is 64.2 Å². The molecule has 0 aliphatic rings. The molecule has 0 saturated heterocycles. The minimum absolute atomic E-state index is 0.0729. The van der Waals surface area contributed by atoms with E-state index >= 15 is 0 Å². The van der Waals surface area contributed by atoms with Crippen molar-refractivity contribution in [3.05, 3.63) is 12.2 Å². The van der Waals surface area contributed by atoms with E-state index < -0.39 is 18.2 Å². The third-order valence-corrected chi connectivity index (χ3v) is 11.6. The molecule has 3 N–H and O–H groups in total. The first kappa shape index (κ1) is 54.6. The zero-order valence-corrected chi connectivity index (χ0v) is 37.8. The Morgan fingerprint density at radius 1 is 0.500 bits per heavy atom. The molecule has 6 heteroatoms. The number of hydrogen-bond acceptors (Lipinski definition) is 5. The van der Waals surface area contributed by atoms with E-state index in [9.17, 15) is 19.8 Å². The number of nitrogens with one attached hydrogen (secondary N) is 1. The number of carbonyl (C=O) groups is 2. The van der Waals surface area contributed by atoms with Gasteiger partial charge in [-0.3, -0.25) is 9.59 Å². The molecule has 0 spiro atoms. The largest absolute Gasteiger partial charge is 0.462 e. The number of unbranched alkanes of at least 4 members (excludes halogenated alkanes) is 31. The maximum atomic E-state index is 13.1. The molecule has 0 fully saturated rings. The van der Waals surface area contributed by atoms with Crippen molar-refractivity contribution >= 4 is 11.9 Å². The molecule has 0 rings (SSSR count). The van der Waals surface area contributed by atoms with Crippen molar-refractivity contribution < 1.29 is 24.5 Å². The van der Waals surface area contributed by atoms with Gasteiger partial charge in [0.15, 0.2) is 0 Å². The second-order valence-electron chi connectivity index (χ2n) is 17.2. The minimum atomic E-state index is -0.784. The van der Waals surface area contributed by atoms with Gasteiger partial charge in [-0.25, -0.2) is 0 Å². The molecule has 0 aromatic carbocycles. The average Bonchev–Trinajstić information content (AvgIpc) is 3.19. The van der Waals surface area contributed by atoms with E-state index in [1.807, 2.05) is 0 Å². The molecule has 0 bridgehead atoms. The zero-order chi connectivity index (χ0) is 41.0. The molecule has 332 valence electrons. The molecule has 56 heavy (non-hydrogen) atoms. The van der Waals surface area contributed by atoms with Crippen molar-refractivity contribution in [1.29, 1.82) is 0 Å². The number of esters is 1. The van der Waals surface area contributed by atoms with Crippen LogP contribution in [0.5, 0.6) is 0 Å². The Morgan fingerprint density at radius 3 is 1.32 bits per heavy atom. The zero-order valence-electron chi connectivity index (χ0n) is 37.8. The molecule has 0 aliphatic carbocycles. The minimum Gasteiger partial charge on any atom is -0.462 e. The lowest BCUT2D eigenvalue weighted by Crippen LogP contribution is -2.46. The number of aliphatic hydroxyl groups excluding tert-OH is 2. The first-order valence-corrected chi connectivity index (χ1v) is 24.9. The van der Waals surface area contributed by atoms with Gasteiger partial charge in [0.1, 0.15) is 6.10 Å². The fraction of sp³-hybridized carbons (Fsp3) is 0.920. The summed E-state index contributed by atoms with van der Waals surface area (Å²) in [6.07, 6.45) is 48.5. The van der Waals surface area contributed by atoms with Crippen LogP contribution in [0.3, 0.4) is 0 Å². The first-order valence-electron chi connectivity index (χ1n) is 24.9. The number of carbonyl (C=O) groups excluding carboxylic acids is 2. The van der Waals surface area contributed by atoms with Crippen LogP contribution in [0.4, 0.5) is 0 Å². The number of allylic oxidation sites excluding steroid dienone is 2. The van der Waals surface area contributed by atoms with Crippen molar-refractivity contribution in [2.75, 3.05) is 6.61 Å². The van der Waals surface area contributed by atoms with Gasteiger partial charge in [0.2, 0.25) is 5.91 Å². The molecule has 0 aromatic heterocycles. The highest BCUT2D eigenvalue weighted by molar-refractivity contribution is 5.77. The molecule has 0 saturated carbocycles. The van der Waals surface area contributed by atoms with E-state index in [-0.39, 0.29) is 24.9 Å². The molecule has 1 amide bonds. The van der Waals surface area contributed by atoms with E-state index in [1.165, 1.54) is 161 Å². The summed E-state index contributed by atoms with van der Waals surface area (Å²) in [6.45, 7) is 6.45. The summed E-state index contributed by atoms with van der Waals surface area (Å²) in [5.41, 5.74) is 0. The van der Waals surface area contributed by atoms with Gasteiger partial charge in [-0.2, -0.15) is 0 Å². The fourth-order valence-electron chi connectivity index (χ4n) is 7.77. The van der Waals surface area contributed by atoms with Crippen molar-refractivity contribution in [1.82, 2.24) is 5.32 Å². The molecule has 3 atom stereocenters. The molecule has 0 aromatic rings. The maximum Gasteiger partial charge on any atom is 0.306 e. The number of ether oxygens (including phenoxy) is 1. The van der Waals surface area contributed by atoms with Crippen LogP contribution in [0.2, 0.25) is 0 Å². The molecular weight excluding hydrogens is 695 g/mol. The maximum absolute atomic E-state index is 13.1. The summed E-state index contributed by atoms with van der Waals surface area (Å²) < 4.78 is 5.90.